The van der Waals surface area contributed by atoms with Gasteiger partial charge in [0.15, 0.2) is 0 Å². The molecule has 1 aliphatic heterocycles. The molecule has 0 unspecified atom stereocenters. The number of benzene rings is 1. The monoisotopic (exact) mass is 270 g/mol. The summed E-state index contributed by atoms with van der Waals surface area (Å²) in [5.41, 5.74) is 2.74. The van der Waals surface area contributed by atoms with E-state index in [0.29, 0.717) is 6.04 Å². The van der Waals surface area contributed by atoms with Crippen molar-refractivity contribution in [1.82, 2.24) is 9.88 Å². The summed E-state index contributed by atoms with van der Waals surface area (Å²) in [6.45, 7) is 2.20. The number of likely N-dealkylation sites (tertiary alicyclic amines) is 1. The van der Waals surface area contributed by atoms with Crippen LogP contribution in [0.2, 0.25) is 0 Å². The summed E-state index contributed by atoms with van der Waals surface area (Å²) in [6, 6.07) is 15.4. The zero-order chi connectivity index (χ0) is 13.1. The summed E-state index contributed by atoms with van der Waals surface area (Å²) in [7, 11) is 0. The number of hydrogen-bond donors (Lipinski definition) is 1. The fraction of sp³-hybridized carbons (Fsp3) is 0.312. The van der Waals surface area contributed by atoms with Crippen molar-refractivity contribution in [3.63, 3.8) is 0 Å². The van der Waals surface area contributed by atoms with Crippen LogP contribution >= 0.6 is 12.2 Å². The van der Waals surface area contributed by atoms with E-state index in [2.05, 4.69) is 52.5 Å². The molecule has 3 heteroatoms. The molecule has 2 heterocycles. The van der Waals surface area contributed by atoms with Crippen molar-refractivity contribution >= 4 is 12.2 Å². The Balaban J connectivity index is 1.78. The molecule has 2 aromatic rings. The molecule has 1 saturated heterocycles. The highest BCUT2D eigenvalue weighted by Gasteiger charge is 2.25. The summed E-state index contributed by atoms with van der Waals surface area (Å²) in [5.74, 6) is 0. The predicted molar refractivity (Wildman–Crippen MR) is 80.5 cm³/mol. The van der Waals surface area contributed by atoms with Crippen molar-refractivity contribution in [3.8, 4) is 0 Å². The highest BCUT2D eigenvalue weighted by molar-refractivity contribution is 7.71. The van der Waals surface area contributed by atoms with Crippen LogP contribution in [0, 0.1) is 4.64 Å². The maximum absolute atomic E-state index is 5.11. The molecular formula is C16H18N2S. The van der Waals surface area contributed by atoms with E-state index < -0.39 is 0 Å². The van der Waals surface area contributed by atoms with Gasteiger partial charge in [-0.3, -0.25) is 4.90 Å². The van der Waals surface area contributed by atoms with Crippen LogP contribution in [0.25, 0.3) is 0 Å². The number of pyridine rings is 1. The van der Waals surface area contributed by atoms with Crippen LogP contribution in [-0.4, -0.2) is 16.4 Å². The molecule has 1 aliphatic rings. The van der Waals surface area contributed by atoms with E-state index in [1.54, 1.807) is 0 Å². The molecule has 1 fully saturated rings. The fourth-order valence-corrected chi connectivity index (χ4v) is 2.97. The van der Waals surface area contributed by atoms with E-state index in [1.165, 1.54) is 30.5 Å². The Hall–Kier alpha value is -1.45. The van der Waals surface area contributed by atoms with Gasteiger partial charge in [0.25, 0.3) is 0 Å². The number of nitrogens with one attached hydrogen (secondary N) is 1. The lowest BCUT2D eigenvalue weighted by molar-refractivity contribution is 0.248. The van der Waals surface area contributed by atoms with Crippen molar-refractivity contribution in [2.24, 2.45) is 0 Å². The molecule has 0 radical (unpaired) electrons. The Kier molecular flexibility index (Phi) is 3.76. The Morgan fingerprint density at radius 2 is 2.00 bits per heavy atom. The van der Waals surface area contributed by atoms with Crippen LogP contribution in [0.5, 0.6) is 0 Å². The average Bonchev–Trinajstić information content (AvgIpc) is 2.89. The predicted octanol–water partition coefficient (Wildman–Crippen LogP) is 4.08. The number of hydrogen-bond acceptors (Lipinski definition) is 2. The van der Waals surface area contributed by atoms with Gasteiger partial charge in [-0.1, -0.05) is 48.6 Å². The molecule has 0 aliphatic carbocycles. The zero-order valence-corrected chi connectivity index (χ0v) is 11.7. The molecule has 0 bridgehead atoms. The van der Waals surface area contributed by atoms with Crippen LogP contribution in [0.3, 0.4) is 0 Å². The van der Waals surface area contributed by atoms with Gasteiger partial charge >= 0.3 is 0 Å². The van der Waals surface area contributed by atoms with Crippen molar-refractivity contribution in [2.75, 3.05) is 6.54 Å². The van der Waals surface area contributed by atoms with E-state index in [1.807, 2.05) is 6.07 Å². The van der Waals surface area contributed by atoms with E-state index >= 15 is 0 Å². The van der Waals surface area contributed by atoms with Gasteiger partial charge in [-0.15, -0.1) is 0 Å². The first-order valence-electron chi connectivity index (χ1n) is 6.79. The van der Waals surface area contributed by atoms with Gasteiger partial charge in [0.1, 0.15) is 4.64 Å². The van der Waals surface area contributed by atoms with E-state index in [0.717, 1.165) is 11.2 Å². The van der Waals surface area contributed by atoms with Gasteiger partial charge < -0.3 is 4.98 Å². The van der Waals surface area contributed by atoms with Gasteiger partial charge in [0.05, 0.1) is 0 Å². The van der Waals surface area contributed by atoms with Crippen LogP contribution in [0.1, 0.15) is 30.0 Å². The summed E-state index contributed by atoms with van der Waals surface area (Å²) in [4.78, 5) is 5.71. The maximum Gasteiger partial charge on any atom is 0.103 e. The lowest BCUT2D eigenvalue weighted by Crippen LogP contribution is -2.22. The second kappa shape index (κ2) is 5.68. The van der Waals surface area contributed by atoms with Crippen molar-refractivity contribution in [2.45, 2.75) is 25.4 Å². The van der Waals surface area contributed by atoms with Crippen LogP contribution in [-0.2, 0) is 6.54 Å². The molecule has 2 nitrogen and oxygen atoms in total. The van der Waals surface area contributed by atoms with Crippen LogP contribution in [0.4, 0.5) is 0 Å². The SMILES string of the molecule is S=c1ccc([C@@H]2CCCN2Cc2ccccc2)c[nH]1. The quantitative estimate of drug-likeness (QED) is 0.847. The summed E-state index contributed by atoms with van der Waals surface area (Å²) in [6.07, 6.45) is 4.57. The topological polar surface area (TPSA) is 19.0 Å². The first kappa shape index (κ1) is 12.6. The largest absolute Gasteiger partial charge is 0.353 e. The second-order valence-electron chi connectivity index (χ2n) is 5.10. The second-order valence-corrected chi connectivity index (χ2v) is 5.54. The number of H-pyrrole nitrogens is 1. The smallest absolute Gasteiger partial charge is 0.103 e. The van der Waals surface area contributed by atoms with Crippen molar-refractivity contribution in [3.05, 3.63) is 64.4 Å². The van der Waals surface area contributed by atoms with Gasteiger partial charge in [-0.2, -0.15) is 0 Å². The average molecular weight is 270 g/mol. The Morgan fingerprint density at radius 1 is 1.16 bits per heavy atom. The van der Waals surface area contributed by atoms with Gasteiger partial charge in [0.2, 0.25) is 0 Å². The highest BCUT2D eigenvalue weighted by Crippen LogP contribution is 2.32. The van der Waals surface area contributed by atoms with Gasteiger partial charge in [-0.05, 0) is 36.6 Å². The summed E-state index contributed by atoms with van der Waals surface area (Å²) >= 11 is 5.11. The fourth-order valence-electron chi connectivity index (χ4n) is 2.84. The lowest BCUT2D eigenvalue weighted by Gasteiger charge is -2.24. The number of nitrogens with zero attached hydrogens (tertiary/aromatic N) is 1. The molecule has 0 amide bonds. The third-order valence-corrected chi connectivity index (χ3v) is 4.04. The molecule has 1 aromatic carbocycles. The molecule has 0 spiro atoms. The Labute approximate surface area is 119 Å². The van der Waals surface area contributed by atoms with Gasteiger partial charge in [-0.25, -0.2) is 0 Å². The normalized spacial score (nSPS) is 19.7. The van der Waals surface area contributed by atoms with Crippen molar-refractivity contribution in [1.29, 1.82) is 0 Å². The summed E-state index contributed by atoms with van der Waals surface area (Å²) in [5, 5.41) is 0. The minimum Gasteiger partial charge on any atom is -0.353 e. The first-order chi connectivity index (χ1) is 9.33. The zero-order valence-electron chi connectivity index (χ0n) is 10.9. The third-order valence-electron chi connectivity index (χ3n) is 3.79. The standard InChI is InChI=1S/C16H18N2S/c19-16-9-8-14(11-17-16)15-7-4-10-18(15)12-13-5-2-1-3-6-13/h1-3,5-6,8-9,11,15H,4,7,10,12H2,(H,17,19)/t15-/m0/s1. The van der Waals surface area contributed by atoms with Crippen LogP contribution in [0.15, 0.2) is 48.7 Å². The summed E-state index contributed by atoms with van der Waals surface area (Å²) < 4.78 is 0.802. The molecular weight excluding hydrogens is 252 g/mol. The Morgan fingerprint density at radius 3 is 2.74 bits per heavy atom. The third kappa shape index (κ3) is 2.94. The highest BCUT2D eigenvalue weighted by atomic mass is 32.1. The number of aromatic amines is 1. The molecule has 1 N–H and O–H groups in total. The molecule has 19 heavy (non-hydrogen) atoms. The minimum atomic E-state index is 0.520. The molecule has 0 saturated carbocycles. The van der Waals surface area contributed by atoms with Gasteiger partial charge in [0, 0.05) is 18.8 Å². The lowest BCUT2D eigenvalue weighted by atomic mass is 10.1. The Bertz CT molecular complexity index is 571. The molecule has 98 valence electrons. The molecule has 1 atom stereocenters. The van der Waals surface area contributed by atoms with E-state index in [-0.39, 0.29) is 0 Å². The minimum absolute atomic E-state index is 0.520. The van der Waals surface area contributed by atoms with Crippen LogP contribution < -0.4 is 0 Å². The number of rotatable bonds is 3. The maximum atomic E-state index is 5.11. The van der Waals surface area contributed by atoms with Crippen molar-refractivity contribution < 1.29 is 0 Å². The van der Waals surface area contributed by atoms with E-state index in [4.69, 9.17) is 12.2 Å². The molecule has 3 rings (SSSR count). The number of aromatic nitrogens is 1. The molecule has 1 aromatic heterocycles. The first-order valence-corrected chi connectivity index (χ1v) is 7.20. The van der Waals surface area contributed by atoms with E-state index in [9.17, 15) is 0 Å².